The third kappa shape index (κ3) is 4.71. The van der Waals surface area contributed by atoms with Crippen LogP contribution in [0.4, 0.5) is 0 Å². The summed E-state index contributed by atoms with van der Waals surface area (Å²) in [5.74, 6) is 0.782. The van der Waals surface area contributed by atoms with Crippen molar-refractivity contribution in [1.29, 1.82) is 0 Å². The molecule has 4 nitrogen and oxygen atoms in total. The van der Waals surface area contributed by atoms with Gasteiger partial charge < -0.3 is 14.7 Å². The van der Waals surface area contributed by atoms with Crippen LogP contribution >= 0.6 is 15.9 Å². The van der Waals surface area contributed by atoms with E-state index in [4.69, 9.17) is 4.74 Å². The average Bonchev–Trinajstić information content (AvgIpc) is 2.49. The molecule has 0 aromatic heterocycles. The summed E-state index contributed by atoms with van der Waals surface area (Å²) in [6.45, 7) is 0.355. The van der Waals surface area contributed by atoms with Gasteiger partial charge in [0.2, 0.25) is 5.91 Å². The van der Waals surface area contributed by atoms with Crippen molar-refractivity contribution >= 4 is 21.8 Å². The number of rotatable bonds is 5. The largest absolute Gasteiger partial charge is 0.493 e. The first-order valence-corrected chi connectivity index (χ1v) is 8.19. The van der Waals surface area contributed by atoms with Crippen LogP contribution in [0, 0.1) is 0 Å². The van der Waals surface area contributed by atoms with Crippen molar-refractivity contribution in [1.82, 2.24) is 4.90 Å². The summed E-state index contributed by atoms with van der Waals surface area (Å²) in [6, 6.07) is 7.49. The van der Waals surface area contributed by atoms with Gasteiger partial charge in [-0.25, -0.2) is 0 Å². The minimum atomic E-state index is -0.389. The van der Waals surface area contributed by atoms with Gasteiger partial charge in [-0.05, 0) is 37.1 Å². The fourth-order valence-electron chi connectivity index (χ4n) is 2.69. The van der Waals surface area contributed by atoms with Gasteiger partial charge in [0.05, 0.1) is 25.2 Å². The molecule has 0 bridgehead atoms. The predicted octanol–water partition coefficient (Wildman–Crippen LogP) is 2.98. The highest BCUT2D eigenvalue weighted by Gasteiger charge is 2.28. The monoisotopic (exact) mass is 355 g/mol. The molecular weight excluding hydrogens is 334 g/mol. The van der Waals surface area contributed by atoms with E-state index in [-0.39, 0.29) is 18.1 Å². The van der Waals surface area contributed by atoms with Crippen LogP contribution in [0.3, 0.4) is 0 Å². The van der Waals surface area contributed by atoms with Crippen LogP contribution in [0.25, 0.3) is 0 Å². The Bertz CT molecular complexity index is 463. The lowest BCUT2D eigenvalue weighted by molar-refractivity contribution is -0.135. The number of likely N-dealkylation sites (N-methyl/N-ethyl adjacent to an activating group) is 1. The molecular formula is C16H22BrNO3. The van der Waals surface area contributed by atoms with Crippen molar-refractivity contribution in [3.05, 3.63) is 28.7 Å². The molecule has 0 heterocycles. The molecule has 1 saturated carbocycles. The van der Waals surface area contributed by atoms with E-state index in [1.165, 1.54) is 0 Å². The number of hydrogen-bond acceptors (Lipinski definition) is 3. The number of aliphatic hydroxyl groups is 1. The second-order valence-corrected chi connectivity index (χ2v) is 6.39. The Kier molecular flexibility index (Phi) is 6.06. The first-order valence-electron chi connectivity index (χ1n) is 7.40. The molecule has 1 aliphatic carbocycles. The van der Waals surface area contributed by atoms with Gasteiger partial charge in [0.15, 0.2) is 0 Å². The molecule has 1 aromatic rings. The van der Waals surface area contributed by atoms with E-state index in [1.807, 2.05) is 24.3 Å². The predicted molar refractivity (Wildman–Crippen MR) is 85.3 cm³/mol. The number of carbonyl (C=O) groups excluding carboxylic acids is 1. The highest BCUT2D eigenvalue weighted by atomic mass is 79.9. The van der Waals surface area contributed by atoms with Crippen LogP contribution < -0.4 is 4.74 Å². The Morgan fingerprint density at radius 1 is 1.33 bits per heavy atom. The number of benzene rings is 1. The summed E-state index contributed by atoms with van der Waals surface area (Å²) in [6.07, 6.45) is 3.74. The van der Waals surface area contributed by atoms with E-state index in [9.17, 15) is 9.90 Å². The van der Waals surface area contributed by atoms with Crippen molar-refractivity contribution in [2.45, 2.75) is 44.2 Å². The molecule has 1 aliphatic rings. The SMILES string of the molecule is CN(C(=O)CCOc1ccc(Br)cc1)C1CCCCC1O. The second-order valence-electron chi connectivity index (χ2n) is 5.48. The van der Waals surface area contributed by atoms with E-state index in [0.29, 0.717) is 13.0 Å². The lowest BCUT2D eigenvalue weighted by Crippen LogP contribution is -2.46. The number of nitrogens with zero attached hydrogens (tertiary/aromatic N) is 1. The third-order valence-corrected chi connectivity index (χ3v) is 4.51. The van der Waals surface area contributed by atoms with Gasteiger partial charge in [-0.2, -0.15) is 0 Å². The molecule has 0 aliphatic heterocycles. The van der Waals surface area contributed by atoms with Crippen molar-refractivity contribution in [2.24, 2.45) is 0 Å². The number of halogens is 1. The highest BCUT2D eigenvalue weighted by molar-refractivity contribution is 9.10. The van der Waals surface area contributed by atoms with E-state index in [2.05, 4.69) is 15.9 Å². The number of aliphatic hydroxyl groups excluding tert-OH is 1. The minimum absolute atomic E-state index is 0.0260. The molecule has 1 N–H and O–H groups in total. The summed E-state index contributed by atoms with van der Waals surface area (Å²) >= 11 is 3.37. The number of carbonyl (C=O) groups is 1. The van der Waals surface area contributed by atoms with Gasteiger partial charge in [-0.15, -0.1) is 0 Å². The van der Waals surface area contributed by atoms with Crippen LogP contribution in [0.5, 0.6) is 5.75 Å². The summed E-state index contributed by atoms with van der Waals surface area (Å²) in [5.41, 5.74) is 0. The molecule has 116 valence electrons. The minimum Gasteiger partial charge on any atom is -0.493 e. The van der Waals surface area contributed by atoms with Gasteiger partial charge in [0.25, 0.3) is 0 Å². The maximum atomic E-state index is 12.2. The van der Waals surface area contributed by atoms with E-state index in [0.717, 1.165) is 35.9 Å². The van der Waals surface area contributed by atoms with E-state index < -0.39 is 0 Å². The normalized spacial score (nSPS) is 21.9. The van der Waals surface area contributed by atoms with Crippen molar-refractivity contribution in [2.75, 3.05) is 13.7 Å². The van der Waals surface area contributed by atoms with Crippen LogP contribution in [-0.2, 0) is 4.79 Å². The van der Waals surface area contributed by atoms with Gasteiger partial charge in [-0.1, -0.05) is 28.8 Å². The maximum absolute atomic E-state index is 12.2. The molecule has 1 aromatic carbocycles. The van der Waals surface area contributed by atoms with Gasteiger partial charge in [-0.3, -0.25) is 4.79 Å². The van der Waals surface area contributed by atoms with Crippen molar-refractivity contribution in [3.63, 3.8) is 0 Å². The zero-order valence-electron chi connectivity index (χ0n) is 12.3. The fourth-order valence-corrected chi connectivity index (χ4v) is 2.96. The fraction of sp³-hybridized carbons (Fsp3) is 0.562. The van der Waals surface area contributed by atoms with E-state index in [1.54, 1.807) is 11.9 Å². The van der Waals surface area contributed by atoms with Crippen LogP contribution in [0.2, 0.25) is 0 Å². The molecule has 0 saturated heterocycles. The molecule has 0 spiro atoms. The lowest BCUT2D eigenvalue weighted by atomic mass is 9.91. The summed E-state index contributed by atoms with van der Waals surface area (Å²) in [4.78, 5) is 13.8. The van der Waals surface area contributed by atoms with E-state index >= 15 is 0 Å². The molecule has 0 radical (unpaired) electrons. The average molecular weight is 356 g/mol. The Labute approximate surface area is 134 Å². The lowest BCUT2D eigenvalue weighted by Gasteiger charge is -2.35. The maximum Gasteiger partial charge on any atom is 0.226 e. The molecule has 1 fully saturated rings. The number of amides is 1. The molecule has 2 atom stereocenters. The molecule has 1 amide bonds. The Balaban J connectivity index is 1.77. The van der Waals surface area contributed by atoms with Gasteiger partial charge in [0, 0.05) is 11.5 Å². The van der Waals surface area contributed by atoms with Crippen LogP contribution in [0.1, 0.15) is 32.1 Å². The molecule has 5 heteroatoms. The quantitative estimate of drug-likeness (QED) is 0.883. The van der Waals surface area contributed by atoms with Crippen molar-refractivity contribution in [3.8, 4) is 5.75 Å². The Hall–Kier alpha value is -1.07. The first-order chi connectivity index (χ1) is 10.1. The van der Waals surface area contributed by atoms with Gasteiger partial charge >= 0.3 is 0 Å². The first kappa shape index (κ1) is 16.3. The topological polar surface area (TPSA) is 49.8 Å². The van der Waals surface area contributed by atoms with Crippen LogP contribution in [-0.4, -0.2) is 41.7 Å². The number of ether oxygens (including phenoxy) is 1. The third-order valence-electron chi connectivity index (χ3n) is 3.98. The Morgan fingerprint density at radius 3 is 2.67 bits per heavy atom. The molecule has 2 unspecified atom stereocenters. The smallest absolute Gasteiger partial charge is 0.226 e. The summed E-state index contributed by atoms with van der Waals surface area (Å²) in [7, 11) is 1.78. The summed E-state index contributed by atoms with van der Waals surface area (Å²) in [5, 5.41) is 9.99. The van der Waals surface area contributed by atoms with Crippen molar-refractivity contribution < 1.29 is 14.6 Å². The molecule has 2 rings (SSSR count). The van der Waals surface area contributed by atoms with Gasteiger partial charge in [0.1, 0.15) is 5.75 Å². The Morgan fingerprint density at radius 2 is 2.00 bits per heavy atom. The van der Waals surface area contributed by atoms with Crippen LogP contribution in [0.15, 0.2) is 28.7 Å². The summed E-state index contributed by atoms with van der Waals surface area (Å²) < 4.78 is 6.56. The second kappa shape index (κ2) is 7.80. The zero-order valence-corrected chi connectivity index (χ0v) is 13.9. The zero-order chi connectivity index (χ0) is 15.2. The highest BCUT2D eigenvalue weighted by Crippen LogP contribution is 2.23. The standard InChI is InChI=1S/C16H22BrNO3/c1-18(14-4-2-3-5-15(14)19)16(20)10-11-21-13-8-6-12(17)7-9-13/h6-9,14-15,19H,2-5,10-11H2,1H3. The molecule has 21 heavy (non-hydrogen) atoms. The number of hydrogen-bond donors (Lipinski definition) is 1.